The minimum Gasteiger partial charge on any atom is -0.478 e. The number of benzene rings is 2. The molecule has 0 spiro atoms. The Hall–Kier alpha value is -2.90. The maximum absolute atomic E-state index is 13.8. The van der Waals surface area contributed by atoms with Gasteiger partial charge >= 0.3 is 11.9 Å². The van der Waals surface area contributed by atoms with Crippen molar-refractivity contribution in [1.29, 1.82) is 0 Å². The van der Waals surface area contributed by atoms with Gasteiger partial charge in [0.25, 0.3) is 0 Å². The minimum atomic E-state index is -1.26. The van der Waals surface area contributed by atoms with E-state index in [1.165, 1.54) is 16.0 Å². The number of carboxylic acid groups (broad SMARTS) is 2. The average Bonchev–Trinajstić information content (AvgIpc) is 2.84. The van der Waals surface area contributed by atoms with Crippen LogP contribution in [-0.2, 0) is 15.3 Å². The minimum absolute atomic E-state index is 0.165. The molecule has 0 aliphatic carbocycles. The molecule has 0 saturated carbocycles. The van der Waals surface area contributed by atoms with Crippen LogP contribution in [0.4, 0.5) is 4.39 Å². The Kier molecular flexibility index (Phi) is 8.83. The van der Waals surface area contributed by atoms with Crippen LogP contribution in [0.3, 0.4) is 0 Å². The number of hydrogen-bond acceptors (Lipinski definition) is 4. The summed E-state index contributed by atoms with van der Waals surface area (Å²) in [5, 5.41) is 15.6. The molecule has 2 aromatic carbocycles. The van der Waals surface area contributed by atoms with Gasteiger partial charge in [-0.25, -0.2) is 14.0 Å². The van der Waals surface area contributed by atoms with Crippen molar-refractivity contribution in [2.24, 2.45) is 0 Å². The normalized spacial score (nSPS) is 13.9. The summed E-state index contributed by atoms with van der Waals surface area (Å²) in [6, 6.07) is 13.6. The van der Waals surface area contributed by atoms with E-state index in [1.54, 1.807) is 12.1 Å². The first-order valence-corrected chi connectivity index (χ1v) is 10.3. The van der Waals surface area contributed by atoms with E-state index in [1.807, 2.05) is 17.8 Å². The number of halogens is 1. The molecule has 2 N–H and O–H groups in total. The van der Waals surface area contributed by atoms with E-state index >= 15 is 0 Å². The maximum atomic E-state index is 13.8. The van der Waals surface area contributed by atoms with E-state index in [-0.39, 0.29) is 5.82 Å². The number of hydrogen-bond donors (Lipinski definition) is 2. The van der Waals surface area contributed by atoms with Crippen molar-refractivity contribution in [2.45, 2.75) is 17.1 Å². The van der Waals surface area contributed by atoms with E-state index in [0.717, 1.165) is 29.9 Å². The van der Waals surface area contributed by atoms with Crippen molar-refractivity contribution in [3.05, 3.63) is 83.2 Å². The maximum Gasteiger partial charge on any atom is 0.328 e. The molecule has 1 heterocycles. The van der Waals surface area contributed by atoms with Gasteiger partial charge in [-0.3, -0.25) is 0 Å². The predicted molar refractivity (Wildman–Crippen MR) is 117 cm³/mol. The average molecular weight is 430 g/mol. The molecule has 0 radical (unpaired) electrons. The topological polar surface area (TPSA) is 77.8 Å². The Morgan fingerprint density at radius 1 is 1.07 bits per heavy atom. The van der Waals surface area contributed by atoms with Gasteiger partial charge in [-0.2, -0.15) is 0 Å². The molecular weight excluding hydrogens is 405 g/mol. The van der Waals surface area contributed by atoms with Gasteiger partial charge in [0.1, 0.15) is 5.82 Å². The quantitative estimate of drug-likeness (QED) is 0.680. The molecule has 158 valence electrons. The smallest absolute Gasteiger partial charge is 0.328 e. The molecule has 0 fully saturated rings. The third-order valence-electron chi connectivity index (χ3n) is 4.22. The summed E-state index contributed by atoms with van der Waals surface area (Å²) in [5.74, 6) is -1.79. The summed E-state index contributed by atoms with van der Waals surface area (Å²) >= 11 is 1.83. The van der Waals surface area contributed by atoms with E-state index in [0.29, 0.717) is 12.2 Å². The highest BCUT2D eigenvalue weighted by molar-refractivity contribution is 7.98. The lowest BCUT2D eigenvalue weighted by Gasteiger charge is -2.13. The molecule has 2 aromatic rings. The summed E-state index contributed by atoms with van der Waals surface area (Å²) in [6.07, 6.45) is 4.32. The second-order valence-corrected chi connectivity index (χ2v) is 7.82. The zero-order valence-corrected chi connectivity index (χ0v) is 17.7. The van der Waals surface area contributed by atoms with Gasteiger partial charge < -0.3 is 15.1 Å². The number of carbonyl (C=O) groups is 2. The molecule has 0 aromatic heterocycles. The number of nitrogens with zero attached hydrogens (tertiary/aromatic N) is 1. The lowest BCUT2D eigenvalue weighted by atomic mass is 9.93. The van der Waals surface area contributed by atoms with Crippen molar-refractivity contribution in [3.8, 4) is 0 Å². The fourth-order valence-corrected chi connectivity index (χ4v) is 3.94. The van der Waals surface area contributed by atoms with Gasteiger partial charge in [0.2, 0.25) is 0 Å². The van der Waals surface area contributed by atoms with Crippen LogP contribution in [0.5, 0.6) is 0 Å². The van der Waals surface area contributed by atoms with Crippen LogP contribution in [0.15, 0.2) is 65.6 Å². The highest BCUT2D eigenvalue weighted by Crippen LogP contribution is 2.40. The van der Waals surface area contributed by atoms with E-state index in [2.05, 4.69) is 49.3 Å². The van der Waals surface area contributed by atoms with Crippen molar-refractivity contribution in [1.82, 2.24) is 4.90 Å². The summed E-state index contributed by atoms with van der Waals surface area (Å²) in [5.41, 5.74) is 4.63. The molecule has 0 unspecified atom stereocenters. The zero-order chi connectivity index (χ0) is 22.1. The third-order valence-corrected chi connectivity index (χ3v) is 5.34. The van der Waals surface area contributed by atoms with Crippen LogP contribution in [0.2, 0.25) is 0 Å². The van der Waals surface area contributed by atoms with Crippen molar-refractivity contribution >= 4 is 29.3 Å². The largest absolute Gasteiger partial charge is 0.478 e. The van der Waals surface area contributed by atoms with Gasteiger partial charge in [0.05, 0.1) is 0 Å². The molecule has 7 heteroatoms. The van der Waals surface area contributed by atoms with Crippen LogP contribution in [0.1, 0.15) is 23.1 Å². The van der Waals surface area contributed by atoms with Crippen LogP contribution in [0, 0.1) is 5.82 Å². The number of aliphatic carboxylic acids is 2. The van der Waals surface area contributed by atoms with Gasteiger partial charge in [-0.1, -0.05) is 30.3 Å². The molecule has 1 aliphatic rings. The number of fused-ring (bicyclic) bond motifs is 2. The first-order chi connectivity index (χ1) is 14.3. The lowest BCUT2D eigenvalue weighted by Crippen LogP contribution is -2.12. The Bertz CT molecular complexity index is 953. The van der Waals surface area contributed by atoms with E-state index in [9.17, 15) is 14.0 Å². The fourth-order valence-electron chi connectivity index (χ4n) is 2.87. The number of thioether (sulfide) groups is 1. The number of carboxylic acids is 2. The first-order valence-electron chi connectivity index (χ1n) is 9.27. The molecule has 0 bridgehead atoms. The van der Waals surface area contributed by atoms with Gasteiger partial charge in [0, 0.05) is 29.3 Å². The van der Waals surface area contributed by atoms with Crippen LogP contribution >= 0.6 is 11.8 Å². The SMILES string of the molecule is CN(C)CC/C=C1\c2cc(F)ccc2CSc2ccccc21.O=C(O)/C=C/C(=O)O. The fraction of sp³-hybridized carbons (Fsp3) is 0.217. The second kappa shape index (κ2) is 11.3. The Labute approximate surface area is 179 Å². The highest BCUT2D eigenvalue weighted by Gasteiger charge is 2.18. The molecule has 3 rings (SSSR count). The molecule has 0 atom stereocenters. The van der Waals surface area contributed by atoms with Crippen LogP contribution in [0.25, 0.3) is 5.57 Å². The van der Waals surface area contributed by atoms with Crippen LogP contribution in [-0.4, -0.2) is 47.7 Å². The number of rotatable bonds is 5. The van der Waals surface area contributed by atoms with Crippen LogP contribution < -0.4 is 0 Å². The summed E-state index contributed by atoms with van der Waals surface area (Å²) in [6.45, 7) is 0.990. The molecule has 0 amide bonds. The third kappa shape index (κ3) is 7.17. The molecular formula is C23H24FNO4S. The predicted octanol–water partition coefficient (Wildman–Crippen LogP) is 4.53. The van der Waals surface area contributed by atoms with Gasteiger partial charge in [0.15, 0.2) is 0 Å². The second-order valence-electron chi connectivity index (χ2n) is 6.81. The summed E-state index contributed by atoms with van der Waals surface area (Å²) in [7, 11) is 4.14. The monoisotopic (exact) mass is 429 g/mol. The zero-order valence-electron chi connectivity index (χ0n) is 16.8. The van der Waals surface area contributed by atoms with Crippen molar-refractivity contribution in [3.63, 3.8) is 0 Å². The molecule has 1 aliphatic heterocycles. The molecule has 30 heavy (non-hydrogen) atoms. The molecule has 5 nitrogen and oxygen atoms in total. The molecule has 0 saturated heterocycles. The van der Waals surface area contributed by atoms with E-state index < -0.39 is 11.9 Å². The Balaban J connectivity index is 0.000000343. The summed E-state index contributed by atoms with van der Waals surface area (Å²) < 4.78 is 13.8. The summed E-state index contributed by atoms with van der Waals surface area (Å²) in [4.78, 5) is 22.5. The first kappa shape index (κ1) is 23.4. The lowest BCUT2D eigenvalue weighted by molar-refractivity contribution is -0.134. The standard InChI is InChI=1S/C19H20FNS.C4H4O4/c1-21(2)11-5-7-16-17-6-3-4-8-19(17)22-13-14-9-10-15(20)12-18(14)16;5-3(6)1-2-4(7)8/h3-4,6-10,12H,5,11,13H2,1-2H3;1-2H,(H,5,6)(H,7,8)/b16-7-;2-1+. The van der Waals surface area contributed by atoms with Gasteiger partial charge in [-0.15, -0.1) is 11.8 Å². The van der Waals surface area contributed by atoms with Gasteiger partial charge in [-0.05, 0) is 61.0 Å². The highest BCUT2D eigenvalue weighted by atomic mass is 32.2. The van der Waals surface area contributed by atoms with E-state index in [4.69, 9.17) is 10.2 Å². The Morgan fingerprint density at radius 3 is 2.37 bits per heavy atom. The van der Waals surface area contributed by atoms with Crippen molar-refractivity contribution in [2.75, 3.05) is 20.6 Å². The Morgan fingerprint density at radius 2 is 1.73 bits per heavy atom. The van der Waals surface area contributed by atoms with Crippen molar-refractivity contribution < 1.29 is 24.2 Å².